The van der Waals surface area contributed by atoms with Crippen LogP contribution in [-0.2, 0) is 14.4 Å². The van der Waals surface area contributed by atoms with E-state index in [1.165, 1.54) is 18.3 Å². The first kappa shape index (κ1) is 24.3. The molecule has 0 aromatic heterocycles. The first-order chi connectivity index (χ1) is 15.4. The maximum Gasteiger partial charge on any atom is 0.310 e. The average Bonchev–Trinajstić information content (AvgIpc) is 2.80. The maximum atomic E-state index is 12.3. The van der Waals surface area contributed by atoms with E-state index in [0.29, 0.717) is 23.2 Å². The van der Waals surface area contributed by atoms with Crippen LogP contribution in [0.5, 0.6) is 11.5 Å². The highest BCUT2D eigenvalue weighted by molar-refractivity contribution is 5.96. The Morgan fingerprint density at radius 1 is 0.875 bits per heavy atom. The van der Waals surface area contributed by atoms with Crippen LogP contribution in [0.1, 0.15) is 56.0 Å². The molecule has 2 amide bonds. The van der Waals surface area contributed by atoms with Gasteiger partial charge in [-0.2, -0.15) is 5.10 Å². The number of ether oxygens (including phenoxy) is 2. The van der Waals surface area contributed by atoms with Crippen LogP contribution >= 0.6 is 0 Å². The summed E-state index contributed by atoms with van der Waals surface area (Å²) in [6, 6.07) is 10.8. The second kappa shape index (κ2) is 12.0. The maximum absolute atomic E-state index is 12.3. The van der Waals surface area contributed by atoms with E-state index in [1.807, 2.05) is 0 Å². The van der Waals surface area contributed by atoms with Gasteiger partial charge in [-0.3, -0.25) is 19.2 Å². The lowest BCUT2D eigenvalue weighted by molar-refractivity contribution is -0.134. The molecule has 0 aliphatic rings. The van der Waals surface area contributed by atoms with E-state index in [-0.39, 0.29) is 30.2 Å². The van der Waals surface area contributed by atoms with Crippen LogP contribution in [0, 0.1) is 0 Å². The van der Waals surface area contributed by atoms with E-state index in [2.05, 4.69) is 15.8 Å². The Hall–Kier alpha value is -4.01. The van der Waals surface area contributed by atoms with Gasteiger partial charge in [0, 0.05) is 42.1 Å². The molecule has 0 aliphatic carbocycles. The average molecular weight is 439 g/mol. The van der Waals surface area contributed by atoms with Crippen molar-refractivity contribution >= 4 is 35.7 Å². The van der Waals surface area contributed by atoms with Crippen molar-refractivity contribution in [1.29, 1.82) is 0 Å². The Labute approximate surface area is 185 Å². The van der Waals surface area contributed by atoms with Crippen molar-refractivity contribution < 1.29 is 28.7 Å². The zero-order chi connectivity index (χ0) is 23.5. The van der Waals surface area contributed by atoms with Gasteiger partial charge in [0.1, 0.15) is 11.5 Å². The summed E-state index contributed by atoms with van der Waals surface area (Å²) in [5.41, 5.74) is 3.72. The molecule has 2 N–H and O–H groups in total. The number of esters is 2. The van der Waals surface area contributed by atoms with Crippen molar-refractivity contribution in [3.63, 3.8) is 0 Å². The molecule has 2 aromatic carbocycles. The van der Waals surface area contributed by atoms with E-state index in [1.54, 1.807) is 51.1 Å². The quantitative estimate of drug-likeness (QED) is 0.267. The number of nitrogens with zero attached hydrogens (tertiary/aromatic N) is 1. The highest BCUT2D eigenvalue weighted by Gasteiger charge is 2.11. The number of amides is 2. The highest BCUT2D eigenvalue weighted by Crippen LogP contribution is 2.25. The van der Waals surface area contributed by atoms with Crippen LogP contribution in [0.4, 0.5) is 5.69 Å². The van der Waals surface area contributed by atoms with Crippen molar-refractivity contribution in [3.8, 4) is 11.5 Å². The van der Waals surface area contributed by atoms with Crippen LogP contribution in [-0.4, -0.2) is 30.0 Å². The Kier molecular flexibility index (Phi) is 9.09. The number of carbonyl (C=O) groups excluding carboxylic acids is 4. The number of carbonyl (C=O) groups is 4. The standard InChI is InChI=1S/C23H25N3O6/c1-4-20(27)25-17-10-7-15(8-11-17)23(30)26-24-14-16-9-12-18(31-21(28)5-2)13-19(16)32-22(29)6-3/h7-14H,4-6H2,1-3H3,(H,25,27)(H,26,30)/b24-14+. The molecule has 2 aromatic rings. The fourth-order valence-electron chi connectivity index (χ4n) is 2.35. The summed E-state index contributed by atoms with van der Waals surface area (Å²) >= 11 is 0. The topological polar surface area (TPSA) is 123 Å². The van der Waals surface area contributed by atoms with E-state index >= 15 is 0 Å². The number of hydrazone groups is 1. The normalized spacial score (nSPS) is 10.5. The third-order valence-electron chi connectivity index (χ3n) is 4.14. The molecule has 2 rings (SSSR count). The number of nitrogens with one attached hydrogen (secondary N) is 2. The summed E-state index contributed by atoms with van der Waals surface area (Å²) in [6.45, 7) is 5.06. The Morgan fingerprint density at radius 3 is 2.16 bits per heavy atom. The minimum absolute atomic E-state index is 0.123. The number of rotatable bonds is 9. The van der Waals surface area contributed by atoms with Crippen LogP contribution in [0.2, 0.25) is 0 Å². The van der Waals surface area contributed by atoms with Gasteiger partial charge < -0.3 is 14.8 Å². The van der Waals surface area contributed by atoms with E-state index in [9.17, 15) is 19.2 Å². The molecule has 0 saturated carbocycles. The predicted molar refractivity (Wildman–Crippen MR) is 119 cm³/mol. The number of anilines is 1. The van der Waals surface area contributed by atoms with Crippen LogP contribution < -0.4 is 20.2 Å². The Morgan fingerprint density at radius 2 is 1.53 bits per heavy atom. The van der Waals surface area contributed by atoms with E-state index in [0.717, 1.165) is 0 Å². The molecular weight excluding hydrogens is 414 g/mol. The van der Waals surface area contributed by atoms with Gasteiger partial charge in [0.05, 0.1) is 6.21 Å². The number of benzene rings is 2. The van der Waals surface area contributed by atoms with Gasteiger partial charge >= 0.3 is 11.9 Å². The molecular formula is C23H25N3O6. The lowest BCUT2D eigenvalue weighted by Crippen LogP contribution is -2.18. The zero-order valence-corrected chi connectivity index (χ0v) is 18.1. The third-order valence-corrected chi connectivity index (χ3v) is 4.14. The molecule has 168 valence electrons. The minimum atomic E-state index is -0.474. The molecule has 0 saturated heterocycles. The summed E-state index contributed by atoms with van der Waals surface area (Å²) < 4.78 is 10.4. The molecule has 0 bridgehead atoms. The fraction of sp³-hybridized carbons (Fsp3) is 0.261. The molecule has 9 nitrogen and oxygen atoms in total. The van der Waals surface area contributed by atoms with Crippen LogP contribution in [0.15, 0.2) is 47.6 Å². The van der Waals surface area contributed by atoms with Gasteiger partial charge in [0.25, 0.3) is 5.91 Å². The molecule has 0 atom stereocenters. The molecule has 0 heterocycles. The van der Waals surface area contributed by atoms with Gasteiger partial charge in [-0.05, 0) is 36.4 Å². The fourth-order valence-corrected chi connectivity index (χ4v) is 2.35. The summed E-state index contributed by atoms with van der Waals surface area (Å²) in [7, 11) is 0. The van der Waals surface area contributed by atoms with Crippen molar-refractivity contribution in [2.24, 2.45) is 5.10 Å². The highest BCUT2D eigenvalue weighted by atomic mass is 16.5. The van der Waals surface area contributed by atoms with Crippen LogP contribution in [0.3, 0.4) is 0 Å². The van der Waals surface area contributed by atoms with Gasteiger partial charge in [0.2, 0.25) is 5.91 Å². The first-order valence-corrected chi connectivity index (χ1v) is 10.1. The van der Waals surface area contributed by atoms with E-state index in [4.69, 9.17) is 9.47 Å². The molecule has 0 spiro atoms. The Balaban J connectivity index is 2.10. The molecule has 0 aliphatic heterocycles. The smallest absolute Gasteiger partial charge is 0.310 e. The summed E-state index contributed by atoms with van der Waals surface area (Å²) in [4.78, 5) is 46.9. The Bertz CT molecular complexity index is 1010. The lowest BCUT2D eigenvalue weighted by atomic mass is 10.2. The SMILES string of the molecule is CCC(=O)Nc1ccc(C(=O)N/N=C/c2ccc(OC(=O)CC)cc2OC(=O)CC)cc1. The molecule has 0 unspecified atom stereocenters. The van der Waals surface area contributed by atoms with Crippen LogP contribution in [0.25, 0.3) is 0 Å². The van der Waals surface area contributed by atoms with Crippen molar-refractivity contribution in [2.45, 2.75) is 40.0 Å². The lowest BCUT2D eigenvalue weighted by Gasteiger charge is -2.09. The first-order valence-electron chi connectivity index (χ1n) is 10.1. The number of hydrogen-bond acceptors (Lipinski definition) is 7. The van der Waals surface area contributed by atoms with Gasteiger partial charge in [-0.25, -0.2) is 5.43 Å². The predicted octanol–water partition coefficient (Wildman–Crippen LogP) is 3.43. The van der Waals surface area contributed by atoms with Crippen molar-refractivity contribution in [2.75, 3.05) is 5.32 Å². The van der Waals surface area contributed by atoms with Gasteiger partial charge in [-0.1, -0.05) is 20.8 Å². The van der Waals surface area contributed by atoms with Crippen molar-refractivity contribution in [1.82, 2.24) is 5.43 Å². The molecule has 9 heteroatoms. The summed E-state index contributed by atoms with van der Waals surface area (Å²) in [5, 5.41) is 6.61. The largest absolute Gasteiger partial charge is 0.426 e. The van der Waals surface area contributed by atoms with Gasteiger partial charge in [0.15, 0.2) is 0 Å². The zero-order valence-electron chi connectivity index (χ0n) is 18.1. The molecule has 0 radical (unpaired) electrons. The second-order valence-electron chi connectivity index (χ2n) is 6.53. The molecule has 32 heavy (non-hydrogen) atoms. The monoisotopic (exact) mass is 439 g/mol. The minimum Gasteiger partial charge on any atom is -0.426 e. The van der Waals surface area contributed by atoms with Gasteiger partial charge in [-0.15, -0.1) is 0 Å². The van der Waals surface area contributed by atoms with E-state index < -0.39 is 17.8 Å². The third kappa shape index (κ3) is 7.35. The summed E-state index contributed by atoms with van der Waals surface area (Å²) in [5.74, 6) is -1.11. The van der Waals surface area contributed by atoms with Crippen molar-refractivity contribution in [3.05, 3.63) is 53.6 Å². The number of hydrogen-bond donors (Lipinski definition) is 2. The second-order valence-corrected chi connectivity index (χ2v) is 6.53. The molecule has 0 fully saturated rings. The summed E-state index contributed by atoms with van der Waals surface area (Å²) in [6.07, 6.45) is 2.03.